The molecule has 2 aromatic heterocycles. The number of aliphatic hydroxyl groups is 1. The van der Waals surface area contributed by atoms with Gasteiger partial charge in [0, 0.05) is 18.8 Å². The maximum atomic E-state index is 13.2. The van der Waals surface area contributed by atoms with Gasteiger partial charge in [-0.3, -0.25) is 14.6 Å². The summed E-state index contributed by atoms with van der Waals surface area (Å²) in [5.41, 5.74) is 2.72. The van der Waals surface area contributed by atoms with E-state index in [2.05, 4.69) is 27.6 Å². The summed E-state index contributed by atoms with van der Waals surface area (Å²) in [4.78, 5) is 37.7. The Hall–Kier alpha value is -4.08. The van der Waals surface area contributed by atoms with Crippen molar-refractivity contribution in [2.45, 2.75) is 31.5 Å². The van der Waals surface area contributed by atoms with Gasteiger partial charge in [-0.2, -0.15) is 0 Å². The van der Waals surface area contributed by atoms with E-state index in [1.807, 2.05) is 48.5 Å². The molecule has 0 saturated carbocycles. The van der Waals surface area contributed by atoms with E-state index in [9.17, 15) is 14.7 Å². The van der Waals surface area contributed by atoms with E-state index in [0.717, 1.165) is 53.9 Å². The van der Waals surface area contributed by atoms with E-state index >= 15 is 0 Å². The molecule has 5 rings (SSSR count). The number of amides is 1. The smallest absolute Gasteiger partial charge is 0.264 e. The first-order chi connectivity index (χ1) is 18.5. The maximum absolute atomic E-state index is 13.2. The van der Waals surface area contributed by atoms with E-state index in [-0.39, 0.29) is 18.7 Å². The lowest BCUT2D eigenvalue weighted by Gasteiger charge is -2.29. The Bertz CT molecular complexity index is 1460. The summed E-state index contributed by atoms with van der Waals surface area (Å²) < 4.78 is 1.40. The third-order valence-electron chi connectivity index (χ3n) is 7.04. The number of benzene rings is 2. The van der Waals surface area contributed by atoms with Crippen LogP contribution in [0.4, 0.5) is 5.82 Å². The molecule has 0 unspecified atom stereocenters. The summed E-state index contributed by atoms with van der Waals surface area (Å²) >= 11 is 0. The SMILES string of the molecule is CN1CCC(Nc2cnc3ccc(CNC(=O)c4cccn([C@H](CO)c5ccccc5)c4=O)cc3n2)CC1. The third kappa shape index (κ3) is 5.74. The maximum Gasteiger partial charge on any atom is 0.264 e. The molecule has 0 spiro atoms. The Kier molecular flexibility index (Phi) is 7.76. The van der Waals surface area contributed by atoms with E-state index in [1.165, 1.54) is 10.6 Å². The topological polar surface area (TPSA) is 112 Å². The molecule has 4 aromatic rings. The zero-order valence-corrected chi connectivity index (χ0v) is 21.4. The molecule has 1 saturated heterocycles. The largest absolute Gasteiger partial charge is 0.394 e. The lowest BCUT2D eigenvalue weighted by atomic mass is 10.1. The van der Waals surface area contributed by atoms with Crippen molar-refractivity contribution in [3.63, 3.8) is 0 Å². The number of carbonyl (C=O) groups is 1. The third-order valence-corrected chi connectivity index (χ3v) is 7.04. The molecule has 1 aliphatic heterocycles. The Morgan fingerprint density at radius 1 is 1.08 bits per heavy atom. The van der Waals surface area contributed by atoms with Gasteiger partial charge < -0.3 is 25.2 Å². The van der Waals surface area contributed by atoms with Crippen LogP contribution in [0.2, 0.25) is 0 Å². The van der Waals surface area contributed by atoms with Crippen LogP contribution in [0.25, 0.3) is 11.0 Å². The van der Waals surface area contributed by atoms with Crippen molar-refractivity contribution < 1.29 is 9.90 Å². The average molecular weight is 513 g/mol. The second-order valence-corrected chi connectivity index (χ2v) is 9.73. The normalized spacial score (nSPS) is 15.3. The highest BCUT2D eigenvalue weighted by Crippen LogP contribution is 2.19. The van der Waals surface area contributed by atoms with Gasteiger partial charge >= 0.3 is 0 Å². The van der Waals surface area contributed by atoms with Crippen LogP contribution in [0.15, 0.2) is 77.9 Å². The zero-order valence-electron chi connectivity index (χ0n) is 21.4. The summed E-state index contributed by atoms with van der Waals surface area (Å²) in [5.74, 6) is 0.271. The first-order valence-corrected chi connectivity index (χ1v) is 12.9. The van der Waals surface area contributed by atoms with Crippen LogP contribution in [-0.2, 0) is 6.54 Å². The van der Waals surface area contributed by atoms with Gasteiger partial charge in [0.05, 0.1) is 29.9 Å². The number of aliphatic hydroxyl groups excluding tert-OH is 1. The highest BCUT2D eigenvalue weighted by molar-refractivity contribution is 5.93. The molecule has 1 amide bonds. The second kappa shape index (κ2) is 11.5. The predicted octanol–water partition coefficient (Wildman–Crippen LogP) is 2.81. The predicted molar refractivity (Wildman–Crippen MR) is 147 cm³/mol. The summed E-state index contributed by atoms with van der Waals surface area (Å²) in [7, 11) is 2.14. The van der Waals surface area contributed by atoms with Crippen LogP contribution in [0, 0.1) is 0 Å². The monoisotopic (exact) mass is 512 g/mol. The van der Waals surface area contributed by atoms with Crippen molar-refractivity contribution in [1.29, 1.82) is 0 Å². The van der Waals surface area contributed by atoms with Crippen LogP contribution in [0.5, 0.6) is 0 Å². The molecule has 196 valence electrons. The van der Waals surface area contributed by atoms with Crippen molar-refractivity contribution in [2.75, 3.05) is 32.1 Å². The molecule has 1 aliphatic rings. The number of nitrogens with zero attached hydrogens (tertiary/aromatic N) is 4. The molecule has 9 heteroatoms. The highest BCUT2D eigenvalue weighted by atomic mass is 16.3. The van der Waals surface area contributed by atoms with Gasteiger partial charge in [0.1, 0.15) is 11.4 Å². The first kappa shape index (κ1) is 25.6. The van der Waals surface area contributed by atoms with Crippen LogP contribution in [-0.4, -0.2) is 63.2 Å². The van der Waals surface area contributed by atoms with Crippen LogP contribution in [0.3, 0.4) is 0 Å². The van der Waals surface area contributed by atoms with Crippen LogP contribution < -0.4 is 16.2 Å². The number of fused-ring (bicyclic) bond motifs is 1. The van der Waals surface area contributed by atoms with Crippen molar-refractivity contribution in [1.82, 2.24) is 24.8 Å². The number of piperidine rings is 1. The standard InChI is InChI=1S/C29H32N6O3/c1-34-14-11-22(12-15-34)32-27-18-30-24-10-9-20(16-25(24)33-27)17-31-28(37)23-8-5-13-35(29(23)38)26(19-36)21-6-3-2-4-7-21/h2-10,13,16,18,22,26,36H,11-12,14-15,17,19H2,1H3,(H,31,37)(H,32,33)/t26-/m1/s1. The number of carbonyl (C=O) groups excluding carboxylic acids is 1. The van der Waals surface area contributed by atoms with Crippen LogP contribution in [0.1, 0.15) is 40.4 Å². The minimum Gasteiger partial charge on any atom is -0.394 e. The molecule has 0 bridgehead atoms. The van der Waals surface area contributed by atoms with Gasteiger partial charge in [-0.25, -0.2) is 4.98 Å². The van der Waals surface area contributed by atoms with Gasteiger partial charge in [0.2, 0.25) is 0 Å². The fourth-order valence-electron chi connectivity index (χ4n) is 4.83. The molecule has 2 aromatic carbocycles. The molecule has 0 aliphatic carbocycles. The summed E-state index contributed by atoms with van der Waals surface area (Å²) in [6.45, 7) is 2.09. The number of pyridine rings is 1. The second-order valence-electron chi connectivity index (χ2n) is 9.73. The van der Waals surface area contributed by atoms with Gasteiger partial charge in [-0.1, -0.05) is 36.4 Å². The average Bonchev–Trinajstić information content (AvgIpc) is 2.94. The number of aromatic nitrogens is 3. The number of hydrogen-bond acceptors (Lipinski definition) is 7. The molecule has 3 N–H and O–H groups in total. The van der Waals surface area contributed by atoms with Crippen molar-refractivity contribution >= 4 is 22.8 Å². The minimum atomic E-state index is -0.576. The van der Waals surface area contributed by atoms with Crippen molar-refractivity contribution in [3.05, 3.63) is 100 Å². The lowest BCUT2D eigenvalue weighted by Crippen LogP contribution is -2.36. The Balaban J connectivity index is 1.28. The molecule has 38 heavy (non-hydrogen) atoms. The van der Waals surface area contributed by atoms with E-state index in [1.54, 1.807) is 18.5 Å². The Morgan fingerprint density at radius 2 is 1.87 bits per heavy atom. The summed E-state index contributed by atoms with van der Waals surface area (Å²) in [5, 5.41) is 16.3. The minimum absolute atomic E-state index is 0.0204. The molecular formula is C29H32N6O3. The fraction of sp³-hybridized carbons (Fsp3) is 0.310. The van der Waals surface area contributed by atoms with Crippen LogP contribution >= 0.6 is 0 Å². The van der Waals surface area contributed by atoms with E-state index in [4.69, 9.17) is 4.98 Å². The molecule has 9 nitrogen and oxygen atoms in total. The molecule has 3 heterocycles. The van der Waals surface area contributed by atoms with Gasteiger partial charge in [0.15, 0.2) is 0 Å². The van der Waals surface area contributed by atoms with Gasteiger partial charge in [-0.15, -0.1) is 0 Å². The lowest BCUT2D eigenvalue weighted by molar-refractivity contribution is 0.0948. The molecular weight excluding hydrogens is 480 g/mol. The molecule has 1 fully saturated rings. The number of nitrogens with one attached hydrogen (secondary N) is 2. The van der Waals surface area contributed by atoms with Crippen molar-refractivity contribution in [3.8, 4) is 0 Å². The highest BCUT2D eigenvalue weighted by Gasteiger charge is 2.19. The first-order valence-electron chi connectivity index (χ1n) is 12.9. The number of anilines is 1. The Morgan fingerprint density at radius 3 is 2.63 bits per heavy atom. The molecule has 1 atom stereocenters. The van der Waals surface area contributed by atoms with Crippen molar-refractivity contribution in [2.24, 2.45) is 0 Å². The number of likely N-dealkylation sites (tertiary alicyclic amines) is 1. The zero-order chi connectivity index (χ0) is 26.5. The van der Waals surface area contributed by atoms with Gasteiger partial charge in [0.25, 0.3) is 11.5 Å². The molecule has 0 radical (unpaired) electrons. The van der Waals surface area contributed by atoms with Gasteiger partial charge in [-0.05, 0) is 68.4 Å². The van der Waals surface area contributed by atoms with E-state index in [0.29, 0.717) is 6.04 Å². The summed E-state index contributed by atoms with van der Waals surface area (Å²) in [6.07, 6.45) is 5.48. The number of hydrogen-bond donors (Lipinski definition) is 3. The quantitative estimate of drug-likeness (QED) is 0.333. The summed E-state index contributed by atoms with van der Waals surface area (Å²) in [6, 6.07) is 17.9. The fourth-order valence-corrected chi connectivity index (χ4v) is 4.83. The van der Waals surface area contributed by atoms with E-state index < -0.39 is 17.5 Å². The Labute approximate surface area is 221 Å². The number of rotatable bonds is 8.